The number of amides is 2. The molecule has 0 aliphatic carbocycles. The average Bonchev–Trinajstić information content (AvgIpc) is 2.95. The molecule has 0 bridgehead atoms. The van der Waals surface area contributed by atoms with Gasteiger partial charge in [-0.25, -0.2) is 4.79 Å². The van der Waals surface area contributed by atoms with Crippen LogP contribution in [-0.2, 0) is 6.54 Å². The van der Waals surface area contributed by atoms with E-state index < -0.39 is 0 Å². The van der Waals surface area contributed by atoms with E-state index in [0.29, 0.717) is 6.04 Å². The van der Waals surface area contributed by atoms with E-state index in [0.717, 1.165) is 39.0 Å². The maximum absolute atomic E-state index is 12.6. The first-order chi connectivity index (χ1) is 11.1. The average molecular weight is 338 g/mol. The Kier molecular flexibility index (Phi) is 7.37. The number of urea groups is 1. The molecule has 5 heteroatoms. The molecule has 1 aromatic heterocycles. The number of carbonyl (C=O) groups excluding carboxylic acids is 1. The lowest BCUT2D eigenvalue weighted by Crippen LogP contribution is -2.48. The molecule has 0 saturated carbocycles. The van der Waals surface area contributed by atoms with E-state index in [1.54, 1.807) is 11.3 Å². The van der Waals surface area contributed by atoms with Crippen LogP contribution in [0.2, 0.25) is 0 Å². The van der Waals surface area contributed by atoms with Crippen molar-refractivity contribution in [2.45, 2.75) is 58.5 Å². The third kappa shape index (κ3) is 5.81. The van der Waals surface area contributed by atoms with Gasteiger partial charge in [-0.15, -0.1) is 11.3 Å². The van der Waals surface area contributed by atoms with Crippen LogP contribution in [0.1, 0.15) is 48.8 Å². The van der Waals surface area contributed by atoms with Gasteiger partial charge < -0.3 is 15.1 Å². The molecule has 4 nitrogen and oxygen atoms in total. The molecule has 2 amide bonds. The fourth-order valence-corrected chi connectivity index (χ4v) is 3.98. The van der Waals surface area contributed by atoms with Crippen LogP contribution >= 0.6 is 11.3 Å². The SMILES string of the molecule is CCCCN(Cc1ccc(C)s1)C(=O)NC[C@H]1CCCCN1C. The Labute approximate surface area is 144 Å². The van der Waals surface area contributed by atoms with E-state index in [2.05, 4.69) is 43.2 Å². The molecule has 1 fully saturated rings. The first-order valence-corrected chi connectivity index (χ1v) is 9.70. The quantitative estimate of drug-likeness (QED) is 0.820. The van der Waals surface area contributed by atoms with E-state index in [1.165, 1.54) is 29.0 Å². The van der Waals surface area contributed by atoms with Crippen LogP contribution in [0.5, 0.6) is 0 Å². The number of aryl methyl sites for hydroxylation is 1. The number of likely N-dealkylation sites (N-methyl/N-ethyl adjacent to an activating group) is 1. The number of carbonyl (C=O) groups is 1. The second-order valence-corrected chi connectivity index (χ2v) is 7.98. The van der Waals surface area contributed by atoms with E-state index >= 15 is 0 Å². The lowest BCUT2D eigenvalue weighted by atomic mass is 10.0. The van der Waals surface area contributed by atoms with Crippen LogP contribution in [0.15, 0.2) is 12.1 Å². The minimum absolute atomic E-state index is 0.0866. The third-order valence-corrected chi connectivity index (χ3v) is 5.61. The van der Waals surface area contributed by atoms with Crippen molar-refractivity contribution < 1.29 is 4.79 Å². The van der Waals surface area contributed by atoms with Crippen LogP contribution in [-0.4, -0.2) is 48.6 Å². The summed E-state index contributed by atoms with van der Waals surface area (Å²) in [5.74, 6) is 0. The summed E-state index contributed by atoms with van der Waals surface area (Å²) in [7, 11) is 2.17. The van der Waals surface area contributed by atoms with E-state index in [9.17, 15) is 4.79 Å². The zero-order chi connectivity index (χ0) is 16.7. The van der Waals surface area contributed by atoms with Gasteiger partial charge in [-0.3, -0.25) is 0 Å². The number of nitrogens with zero attached hydrogens (tertiary/aromatic N) is 2. The molecule has 1 atom stereocenters. The standard InChI is InChI=1S/C18H31N3OS/c1-4-5-12-21(14-17-10-9-15(2)23-17)18(22)19-13-16-8-6-7-11-20(16)3/h9-10,16H,4-8,11-14H2,1-3H3,(H,19,22)/t16-/m1/s1. The second-order valence-electron chi connectivity index (χ2n) is 6.60. The Morgan fingerprint density at radius 2 is 2.26 bits per heavy atom. The Bertz CT molecular complexity index is 488. The summed E-state index contributed by atoms with van der Waals surface area (Å²) in [5.41, 5.74) is 0. The zero-order valence-corrected chi connectivity index (χ0v) is 15.6. The zero-order valence-electron chi connectivity index (χ0n) is 14.8. The van der Waals surface area contributed by atoms with E-state index in [1.807, 2.05) is 4.90 Å². The fourth-order valence-electron chi connectivity index (χ4n) is 3.08. The molecular weight excluding hydrogens is 306 g/mol. The van der Waals surface area contributed by atoms with Crippen LogP contribution in [0.3, 0.4) is 0 Å². The number of thiophene rings is 1. The van der Waals surface area contributed by atoms with Gasteiger partial charge in [0.2, 0.25) is 0 Å². The van der Waals surface area contributed by atoms with Crippen molar-refractivity contribution in [1.82, 2.24) is 15.1 Å². The molecule has 0 unspecified atom stereocenters. The minimum atomic E-state index is 0.0866. The number of piperidine rings is 1. The number of unbranched alkanes of at least 4 members (excludes halogenated alkanes) is 1. The molecule has 23 heavy (non-hydrogen) atoms. The highest BCUT2D eigenvalue weighted by Crippen LogP contribution is 2.18. The normalized spacial score (nSPS) is 18.8. The van der Waals surface area contributed by atoms with Gasteiger partial charge in [0.05, 0.1) is 6.54 Å². The van der Waals surface area contributed by atoms with Crippen LogP contribution in [0, 0.1) is 6.92 Å². The molecule has 1 saturated heterocycles. The topological polar surface area (TPSA) is 35.6 Å². The second kappa shape index (κ2) is 9.28. The van der Waals surface area contributed by atoms with Crippen LogP contribution < -0.4 is 5.32 Å². The highest BCUT2D eigenvalue weighted by molar-refractivity contribution is 7.11. The smallest absolute Gasteiger partial charge is 0.317 e. The van der Waals surface area contributed by atoms with Gasteiger partial charge in [0.1, 0.15) is 0 Å². The summed E-state index contributed by atoms with van der Waals surface area (Å²) >= 11 is 1.78. The van der Waals surface area contributed by atoms with Gasteiger partial charge in [-0.2, -0.15) is 0 Å². The summed E-state index contributed by atoms with van der Waals surface area (Å²) in [6, 6.07) is 4.85. The van der Waals surface area contributed by atoms with Crippen molar-refractivity contribution in [1.29, 1.82) is 0 Å². The number of hydrogen-bond acceptors (Lipinski definition) is 3. The molecule has 1 N–H and O–H groups in total. The fraction of sp³-hybridized carbons (Fsp3) is 0.722. The molecule has 0 radical (unpaired) electrons. The molecule has 0 aromatic carbocycles. The predicted octanol–water partition coefficient (Wildman–Crippen LogP) is 3.85. The van der Waals surface area contributed by atoms with Gasteiger partial charge in [0.25, 0.3) is 0 Å². The summed E-state index contributed by atoms with van der Waals surface area (Å²) in [4.78, 5) is 19.5. The molecule has 2 heterocycles. The molecule has 130 valence electrons. The molecule has 2 rings (SSSR count). The number of hydrogen-bond donors (Lipinski definition) is 1. The van der Waals surface area contributed by atoms with Crippen molar-refractivity contribution >= 4 is 17.4 Å². The van der Waals surface area contributed by atoms with Gasteiger partial charge in [0.15, 0.2) is 0 Å². The number of likely N-dealkylation sites (tertiary alicyclic amines) is 1. The minimum Gasteiger partial charge on any atom is -0.336 e. The Hall–Kier alpha value is -1.07. The van der Waals surface area contributed by atoms with Crippen LogP contribution in [0.4, 0.5) is 4.79 Å². The molecule has 1 aliphatic rings. The number of rotatable bonds is 7. The monoisotopic (exact) mass is 337 g/mol. The first kappa shape index (κ1) is 18.3. The van der Waals surface area contributed by atoms with E-state index in [4.69, 9.17) is 0 Å². The van der Waals surface area contributed by atoms with E-state index in [-0.39, 0.29) is 6.03 Å². The summed E-state index contributed by atoms with van der Waals surface area (Å²) in [6.45, 7) is 7.76. The lowest BCUT2D eigenvalue weighted by Gasteiger charge is -2.33. The van der Waals surface area contributed by atoms with Crippen LogP contribution in [0.25, 0.3) is 0 Å². The van der Waals surface area contributed by atoms with Gasteiger partial charge in [0, 0.05) is 28.9 Å². The maximum Gasteiger partial charge on any atom is 0.317 e. The number of nitrogens with one attached hydrogen (secondary N) is 1. The van der Waals surface area contributed by atoms with Crippen molar-refractivity contribution in [2.24, 2.45) is 0 Å². The Balaban J connectivity index is 1.87. The van der Waals surface area contributed by atoms with Crippen molar-refractivity contribution in [2.75, 3.05) is 26.7 Å². The third-order valence-electron chi connectivity index (χ3n) is 4.62. The predicted molar refractivity (Wildman–Crippen MR) is 98.0 cm³/mol. The van der Waals surface area contributed by atoms with Gasteiger partial charge in [-0.1, -0.05) is 19.8 Å². The first-order valence-electron chi connectivity index (χ1n) is 8.88. The van der Waals surface area contributed by atoms with Gasteiger partial charge >= 0.3 is 6.03 Å². The van der Waals surface area contributed by atoms with Crippen molar-refractivity contribution in [3.63, 3.8) is 0 Å². The molecule has 0 spiro atoms. The van der Waals surface area contributed by atoms with Crippen molar-refractivity contribution in [3.05, 3.63) is 21.9 Å². The summed E-state index contributed by atoms with van der Waals surface area (Å²) in [6.07, 6.45) is 5.91. The molecule has 1 aliphatic heterocycles. The Morgan fingerprint density at radius 1 is 1.43 bits per heavy atom. The van der Waals surface area contributed by atoms with Gasteiger partial charge in [-0.05, 0) is 51.9 Å². The highest BCUT2D eigenvalue weighted by atomic mass is 32.1. The lowest BCUT2D eigenvalue weighted by molar-refractivity contribution is 0.167. The Morgan fingerprint density at radius 3 is 2.91 bits per heavy atom. The summed E-state index contributed by atoms with van der Waals surface area (Å²) < 4.78 is 0. The maximum atomic E-state index is 12.6. The van der Waals surface area contributed by atoms with Crippen molar-refractivity contribution in [3.8, 4) is 0 Å². The highest BCUT2D eigenvalue weighted by Gasteiger charge is 2.21. The molecule has 1 aromatic rings. The molecular formula is C18H31N3OS. The largest absolute Gasteiger partial charge is 0.336 e. The summed E-state index contributed by atoms with van der Waals surface area (Å²) in [5, 5.41) is 3.17.